The molecule has 126 valence electrons. The number of amides is 2. The summed E-state index contributed by atoms with van der Waals surface area (Å²) in [4.78, 5) is 25.1. The Labute approximate surface area is 136 Å². The summed E-state index contributed by atoms with van der Waals surface area (Å²) in [6.45, 7) is 5.13. The number of nitrogens with zero attached hydrogens (tertiary/aromatic N) is 1. The van der Waals surface area contributed by atoms with E-state index in [9.17, 15) is 9.59 Å². The van der Waals surface area contributed by atoms with Crippen LogP contribution in [0.3, 0.4) is 0 Å². The van der Waals surface area contributed by atoms with Crippen molar-refractivity contribution >= 4 is 12.0 Å². The van der Waals surface area contributed by atoms with E-state index in [4.69, 9.17) is 9.47 Å². The number of carbonyl (C=O) groups is 2. The minimum atomic E-state index is -0.312. The number of benzene rings is 1. The Kier molecular flexibility index (Phi) is 5.84. The molecular formula is C17H24N2O4. The second-order valence-electron chi connectivity index (χ2n) is 5.86. The summed E-state index contributed by atoms with van der Waals surface area (Å²) in [5.74, 6) is 0.600. The summed E-state index contributed by atoms with van der Waals surface area (Å²) in [5.41, 5.74) is 2.11. The largest absolute Gasteiger partial charge is 0.483 e. The van der Waals surface area contributed by atoms with E-state index >= 15 is 0 Å². The van der Waals surface area contributed by atoms with Gasteiger partial charge in [-0.3, -0.25) is 4.79 Å². The molecular weight excluding hydrogens is 296 g/mol. The van der Waals surface area contributed by atoms with E-state index in [2.05, 4.69) is 5.32 Å². The number of rotatable bonds is 4. The van der Waals surface area contributed by atoms with Crippen LogP contribution in [0, 0.1) is 13.8 Å². The molecule has 1 saturated heterocycles. The van der Waals surface area contributed by atoms with Gasteiger partial charge in [-0.1, -0.05) is 12.1 Å². The smallest absolute Gasteiger partial charge is 0.409 e. The highest BCUT2D eigenvalue weighted by atomic mass is 16.5. The minimum Gasteiger partial charge on any atom is -0.483 e. The average Bonchev–Trinajstić information content (AvgIpc) is 2.55. The van der Waals surface area contributed by atoms with Crippen molar-refractivity contribution in [1.82, 2.24) is 10.2 Å². The van der Waals surface area contributed by atoms with E-state index in [1.165, 1.54) is 7.11 Å². The summed E-state index contributed by atoms with van der Waals surface area (Å²) in [6, 6.07) is 5.99. The predicted molar refractivity (Wildman–Crippen MR) is 86.6 cm³/mol. The highest BCUT2D eigenvalue weighted by Crippen LogP contribution is 2.19. The molecule has 0 radical (unpaired) electrons. The summed E-state index contributed by atoms with van der Waals surface area (Å²) in [6.07, 6.45) is 1.14. The van der Waals surface area contributed by atoms with Gasteiger partial charge in [0.25, 0.3) is 5.91 Å². The molecule has 23 heavy (non-hydrogen) atoms. The molecule has 6 nitrogen and oxygen atoms in total. The Morgan fingerprint density at radius 3 is 2.61 bits per heavy atom. The molecule has 0 bridgehead atoms. The van der Waals surface area contributed by atoms with Crippen molar-refractivity contribution in [2.75, 3.05) is 26.8 Å². The number of carbonyl (C=O) groups excluding carboxylic acids is 2. The van der Waals surface area contributed by atoms with Gasteiger partial charge in [0.15, 0.2) is 6.61 Å². The molecule has 1 fully saturated rings. The average molecular weight is 320 g/mol. The fraction of sp³-hybridized carbons (Fsp3) is 0.529. The van der Waals surface area contributed by atoms with Crippen LogP contribution < -0.4 is 10.1 Å². The lowest BCUT2D eigenvalue weighted by molar-refractivity contribution is -0.124. The van der Waals surface area contributed by atoms with Crippen LogP contribution in [0.1, 0.15) is 24.0 Å². The third-order valence-electron chi connectivity index (χ3n) is 4.00. The lowest BCUT2D eigenvalue weighted by Gasteiger charge is -2.31. The van der Waals surface area contributed by atoms with Crippen LogP contribution in [-0.2, 0) is 9.53 Å². The molecule has 1 N–H and O–H groups in total. The van der Waals surface area contributed by atoms with Gasteiger partial charge in [-0.2, -0.15) is 0 Å². The number of methoxy groups -OCH3 is 1. The molecule has 0 aromatic heterocycles. The summed E-state index contributed by atoms with van der Waals surface area (Å²) < 4.78 is 10.3. The van der Waals surface area contributed by atoms with Crippen molar-refractivity contribution in [3.8, 4) is 5.75 Å². The summed E-state index contributed by atoms with van der Waals surface area (Å²) >= 11 is 0. The number of hydrogen-bond donors (Lipinski definition) is 1. The van der Waals surface area contributed by atoms with Crippen LogP contribution in [0.25, 0.3) is 0 Å². The molecule has 2 rings (SSSR count). The second kappa shape index (κ2) is 7.85. The van der Waals surface area contributed by atoms with Crippen molar-refractivity contribution < 1.29 is 19.1 Å². The molecule has 0 aliphatic carbocycles. The van der Waals surface area contributed by atoms with Gasteiger partial charge in [0, 0.05) is 19.1 Å². The molecule has 0 spiro atoms. The Morgan fingerprint density at radius 1 is 1.26 bits per heavy atom. The third kappa shape index (κ3) is 4.87. The van der Waals surface area contributed by atoms with Crippen LogP contribution in [0.4, 0.5) is 4.79 Å². The zero-order valence-electron chi connectivity index (χ0n) is 13.9. The van der Waals surface area contributed by atoms with Gasteiger partial charge in [-0.05, 0) is 43.9 Å². The number of ether oxygens (including phenoxy) is 2. The maximum absolute atomic E-state index is 12.0. The van der Waals surface area contributed by atoms with Gasteiger partial charge < -0.3 is 19.7 Å². The molecule has 1 aliphatic heterocycles. The Hall–Kier alpha value is -2.24. The van der Waals surface area contributed by atoms with Gasteiger partial charge in [-0.25, -0.2) is 4.79 Å². The maximum Gasteiger partial charge on any atom is 0.409 e. The Bertz CT molecular complexity index is 566. The molecule has 6 heteroatoms. The summed E-state index contributed by atoms with van der Waals surface area (Å²) in [7, 11) is 1.38. The number of aryl methyl sites for hydroxylation is 2. The number of nitrogens with one attached hydrogen (secondary N) is 1. The number of likely N-dealkylation sites (tertiary alicyclic amines) is 1. The second-order valence-corrected chi connectivity index (χ2v) is 5.86. The molecule has 0 atom stereocenters. The molecule has 1 aromatic carbocycles. The minimum absolute atomic E-state index is 0.00150. The van der Waals surface area contributed by atoms with Crippen molar-refractivity contribution in [3.05, 3.63) is 29.3 Å². The van der Waals surface area contributed by atoms with Crippen molar-refractivity contribution in [2.24, 2.45) is 0 Å². The van der Waals surface area contributed by atoms with Gasteiger partial charge in [-0.15, -0.1) is 0 Å². The first kappa shape index (κ1) is 17.1. The topological polar surface area (TPSA) is 67.9 Å². The van der Waals surface area contributed by atoms with E-state index in [0.717, 1.165) is 29.7 Å². The third-order valence-corrected chi connectivity index (χ3v) is 4.00. The van der Waals surface area contributed by atoms with Gasteiger partial charge in [0.2, 0.25) is 0 Å². The van der Waals surface area contributed by atoms with Crippen LogP contribution >= 0.6 is 0 Å². The Morgan fingerprint density at radius 2 is 1.96 bits per heavy atom. The maximum atomic E-state index is 12.0. The highest BCUT2D eigenvalue weighted by molar-refractivity contribution is 5.78. The first-order chi connectivity index (χ1) is 11.0. The zero-order valence-corrected chi connectivity index (χ0v) is 13.9. The monoisotopic (exact) mass is 320 g/mol. The van der Waals surface area contributed by atoms with E-state index in [1.807, 2.05) is 32.0 Å². The first-order valence-electron chi connectivity index (χ1n) is 7.82. The van der Waals surface area contributed by atoms with Crippen molar-refractivity contribution in [3.63, 3.8) is 0 Å². The van der Waals surface area contributed by atoms with Gasteiger partial charge in [0.05, 0.1) is 7.11 Å². The SMILES string of the molecule is COC(=O)N1CCC(NC(=O)COc2cc(C)ccc2C)CC1. The lowest BCUT2D eigenvalue weighted by atomic mass is 10.1. The highest BCUT2D eigenvalue weighted by Gasteiger charge is 2.24. The zero-order chi connectivity index (χ0) is 16.8. The number of hydrogen-bond acceptors (Lipinski definition) is 4. The van der Waals surface area contributed by atoms with Crippen molar-refractivity contribution in [1.29, 1.82) is 0 Å². The standard InChI is InChI=1S/C17H24N2O4/c1-12-4-5-13(2)15(10-12)23-11-16(20)18-14-6-8-19(9-7-14)17(21)22-3/h4-5,10,14H,6-9,11H2,1-3H3,(H,18,20). The number of piperidine rings is 1. The molecule has 1 heterocycles. The quantitative estimate of drug-likeness (QED) is 0.922. The van der Waals surface area contributed by atoms with Crippen molar-refractivity contribution in [2.45, 2.75) is 32.7 Å². The fourth-order valence-corrected chi connectivity index (χ4v) is 2.61. The lowest BCUT2D eigenvalue weighted by Crippen LogP contribution is -2.47. The van der Waals surface area contributed by atoms with E-state index in [-0.39, 0.29) is 24.6 Å². The first-order valence-corrected chi connectivity index (χ1v) is 7.82. The van der Waals surface area contributed by atoms with Gasteiger partial charge >= 0.3 is 6.09 Å². The molecule has 0 unspecified atom stereocenters. The summed E-state index contributed by atoms with van der Waals surface area (Å²) in [5, 5.41) is 2.96. The molecule has 1 aromatic rings. The Balaban J connectivity index is 1.75. The fourth-order valence-electron chi connectivity index (χ4n) is 2.61. The van der Waals surface area contributed by atoms with E-state index in [1.54, 1.807) is 4.90 Å². The molecule has 1 aliphatic rings. The molecule has 0 saturated carbocycles. The van der Waals surface area contributed by atoms with Crippen LogP contribution in [0.15, 0.2) is 18.2 Å². The van der Waals surface area contributed by atoms with Crippen LogP contribution in [0.2, 0.25) is 0 Å². The molecule has 2 amide bonds. The van der Waals surface area contributed by atoms with E-state index in [0.29, 0.717) is 13.1 Å². The predicted octanol–water partition coefficient (Wildman–Crippen LogP) is 2.03. The van der Waals surface area contributed by atoms with Crippen LogP contribution in [-0.4, -0.2) is 49.7 Å². The van der Waals surface area contributed by atoms with Gasteiger partial charge in [0.1, 0.15) is 5.75 Å². The normalized spacial score (nSPS) is 15.2. The van der Waals surface area contributed by atoms with E-state index < -0.39 is 0 Å². The van der Waals surface area contributed by atoms with Crippen LogP contribution in [0.5, 0.6) is 5.75 Å².